The Labute approximate surface area is 158 Å². The van der Waals surface area contributed by atoms with Gasteiger partial charge in [-0.2, -0.15) is 0 Å². The molecule has 0 amide bonds. The van der Waals surface area contributed by atoms with E-state index in [1.807, 2.05) is 12.1 Å². The van der Waals surface area contributed by atoms with Crippen LogP contribution in [0.5, 0.6) is 5.75 Å². The number of hydrogen-bond acceptors (Lipinski definition) is 4. The van der Waals surface area contributed by atoms with Gasteiger partial charge in [-0.05, 0) is 31.9 Å². The molecule has 1 aliphatic heterocycles. The molecule has 1 unspecified atom stereocenters. The fourth-order valence-electron chi connectivity index (χ4n) is 3.07. The lowest BCUT2D eigenvalue weighted by atomic mass is 10.2. The average molecular weight is 363 g/mol. The van der Waals surface area contributed by atoms with Crippen LogP contribution in [-0.2, 0) is 4.74 Å². The fourth-order valence-corrected chi connectivity index (χ4v) is 3.07. The molecule has 1 heterocycles. The number of methoxy groups -OCH3 is 1. The van der Waals surface area contributed by atoms with E-state index >= 15 is 0 Å². The molecule has 0 aromatic heterocycles. The van der Waals surface area contributed by atoms with Gasteiger partial charge in [0.2, 0.25) is 0 Å². The van der Waals surface area contributed by atoms with Crippen molar-refractivity contribution in [1.29, 1.82) is 0 Å². The van der Waals surface area contributed by atoms with Crippen LogP contribution in [0.25, 0.3) is 0 Å². The highest BCUT2D eigenvalue weighted by molar-refractivity contribution is 5.80. The van der Waals surface area contributed by atoms with Gasteiger partial charge >= 0.3 is 0 Å². The number of anilines is 1. The SMILES string of the molecule is CCCCOCCN=C(NCC)NC1CCN(c2ccccc2OC)C1. The third-order valence-corrected chi connectivity index (χ3v) is 4.45. The Balaban J connectivity index is 1.83. The molecule has 1 fully saturated rings. The molecule has 0 bridgehead atoms. The lowest BCUT2D eigenvalue weighted by molar-refractivity contribution is 0.139. The van der Waals surface area contributed by atoms with Gasteiger partial charge in [-0.3, -0.25) is 4.99 Å². The smallest absolute Gasteiger partial charge is 0.191 e. The van der Waals surface area contributed by atoms with Crippen LogP contribution < -0.4 is 20.3 Å². The quantitative estimate of drug-likeness (QED) is 0.381. The van der Waals surface area contributed by atoms with E-state index in [0.29, 0.717) is 19.2 Å². The van der Waals surface area contributed by atoms with Crippen molar-refractivity contribution >= 4 is 11.6 Å². The van der Waals surface area contributed by atoms with Crippen LogP contribution in [-0.4, -0.2) is 58.5 Å². The molecule has 6 nitrogen and oxygen atoms in total. The Morgan fingerprint density at radius 3 is 2.88 bits per heavy atom. The highest BCUT2D eigenvalue weighted by Crippen LogP contribution is 2.30. The third kappa shape index (κ3) is 6.41. The Kier molecular flexibility index (Phi) is 9.10. The zero-order valence-corrected chi connectivity index (χ0v) is 16.5. The summed E-state index contributed by atoms with van der Waals surface area (Å²) in [5.41, 5.74) is 1.16. The van der Waals surface area contributed by atoms with Gasteiger partial charge in [-0.15, -0.1) is 0 Å². The van der Waals surface area contributed by atoms with Crippen LogP contribution in [0, 0.1) is 0 Å². The van der Waals surface area contributed by atoms with E-state index in [2.05, 4.69) is 46.5 Å². The van der Waals surface area contributed by atoms with Crippen LogP contribution in [0.1, 0.15) is 33.1 Å². The molecule has 2 N–H and O–H groups in total. The van der Waals surface area contributed by atoms with E-state index in [0.717, 1.165) is 62.9 Å². The molecule has 2 rings (SSSR count). The number of rotatable bonds is 10. The molecule has 1 atom stereocenters. The number of para-hydroxylation sites is 2. The molecule has 26 heavy (non-hydrogen) atoms. The van der Waals surface area contributed by atoms with E-state index < -0.39 is 0 Å². The van der Waals surface area contributed by atoms with Crippen LogP contribution in [0.15, 0.2) is 29.3 Å². The second kappa shape index (κ2) is 11.6. The van der Waals surface area contributed by atoms with Crippen LogP contribution in [0.4, 0.5) is 5.69 Å². The first kappa shape index (κ1) is 20.4. The predicted molar refractivity (Wildman–Crippen MR) is 108 cm³/mol. The van der Waals surface area contributed by atoms with E-state index in [-0.39, 0.29) is 0 Å². The van der Waals surface area contributed by atoms with Crippen molar-refractivity contribution in [3.63, 3.8) is 0 Å². The van der Waals surface area contributed by atoms with E-state index in [9.17, 15) is 0 Å². The molecule has 0 spiro atoms. The summed E-state index contributed by atoms with van der Waals surface area (Å²) in [5, 5.41) is 6.89. The number of guanidine groups is 1. The van der Waals surface area contributed by atoms with Gasteiger partial charge in [-0.1, -0.05) is 25.5 Å². The highest BCUT2D eigenvalue weighted by atomic mass is 16.5. The van der Waals surface area contributed by atoms with Crippen molar-refractivity contribution < 1.29 is 9.47 Å². The Hall–Kier alpha value is -1.95. The first-order valence-electron chi connectivity index (χ1n) is 9.79. The maximum atomic E-state index is 5.59. The van der Waals surface area contributed by atoms with Crippen molar-refractivity contribution in [2.24, 2.45) is 4.99 Å². The minimum atomic E-state index is 0.374. The predicted octanol–water partition coefficient (Wildman–Crippen LogP) is 2.65. The van der Waals surface area contributed by atoms with Gasteiger partial charge in [-0.25, -0.2) is 0 Å². The van der Waals surface area contributed by atoms with Gasteiger partial charge in [0, 0.05) is 32.3 Å². The number of benzene rings is 1. The maximum Gasteiger partial charge on any atom is 0.191 e. The summed E-state index contributed by atoms with van der Waals surface area (Å²) in [5.74, 6) is 1.80. The van der Waals surface area contributed by atoms with E-state index in [1.165, 1.54) is 0 Å². The Morgan fingerprint density at radius 1 is 1.27 bits per heavy atom. The molecular weight excluding hydrogens is 328 g/mol. The number of hydrogen-bond donors (Lipinski definition) is 2. The lowest BCUT2D eigenvalue weighted by Crippen LogP contribution is -2.44. The molecular formula is C20H34N4O2. The van der Waals surface area contributed by atoms with Crippen molar-refractivity contribution in [3.8, 4) is 5.75 Å². The fraction of sp³-hybridized carbons (Fsp3) is 0.650. The molecule has 1 saturated heterocycles. The summed E-state index contributed by atoms with van der Waals surface area (Å²) < 4.78 is 11.1. The second-order valence-electron chi connectivity index (χ2n) is 6.47. The highest BCUT2D eigenvalue weighted by Gasteiger charge is 2.25. The second-order valence-corrected chi connectivity index (χ2v) is 6.47. The minimum Gasteiger partial charge on any atom is -0.495 e. The van der Waals surface area contributed by atoms with Crippen molar-refractivity contribution in [3.05, 3.63) is 24.3 Å². The van der Waals surface area contributed by atoms with E-state index in [1.54, 1.807) is 7.11 Å². The first-order valence-corrected chi connectivity index (χ1v) is 9.79. The molecule has 1 aromatic rings. The maximum absolute atomic E-state index is 5.59. The van der Waals surface area contributed by atoms with Crippen molar-refractivity contribution in [2.75, 3.05) is 51.4 Å². The van der Waals surface area contributed by atoms with Crippen molar-refractivity contribution in [1.82, 2.24) is 10.6 Å². The number of nitrogens with one attached hydrogen (secondary N) is 2. The Bertz CT molecular complexity index is 550. The van der Waals surface area contributed by atoms with Gasteiger partial charge in [0.1, 0.15) is 5.75 Å². The topological polar surface area (TPSA) is 58.1 Å². The monoisotopic (exact) mass is 362 g/mol. The Morgan fingerprint density at radius 2 is 2.12 bits per heavy atom. The summed E-state index contributed by atoms with van der Waals surface area (Å²) >= 11 is 0. The van der Waals surface area contributed by atoms with Gasteiger partial charge in [0.15, 0.2) is 5.96 Å². The molecule has 1 aliphatic rings. The summed E-state index contributed by atoms with van der Waals surface area (Å²) in [6, 6.07) is 8.57. The van der Waals surface area contributed by atoms with Gasteiger partial charge in [0.05, 0.1) is 25.9 Å². The number of unbranched alkanes of at least 4 members (excludes halogenated alkanes) is 1. The zero-order chi connectivity index (χ0) is 18.6. The minimum absolute atomic E-state index is 0.374. The summed E-state index contributed by atoms with van der Waals surface area (Å²) in [6.07, 6.45) is 3.36. The molecule has 0 radical (unpaired) electrons. The number of ether oxygens (including phenoxy) is 2. The number of aliphatic imine (C=N–C) groups is 1. The molecule has 0 aliphatic carbocycles. The van der Waals surface area contributed by atoms with Crippen LogP contribution in [0.3, 0.4) is 0 Å². The molecule has 1 aromatic carbocycles. The third-order valence-electron chi connectivity index (χ3n) is 4.45. The normalized spacial score (nSPS) is 17.4. The average Bonchev–Trinajstić information content (AvgIpc) is 3.13. The zero-order valence-electron chi connectivity index (χ0n) is 16.5. The molecule has 6 heteroatoms. The van der Waals surface area contributed by atoms with Crippen LogP contribution in [0.2, 0.25) is 0 Å². The lowest BCUT2D eigenvalue weighted by Gasteiger charge is -2.22. The van der Waals surface area contributed by atoms with Crippen LogP contribution >= 0.6 is 0 Å². The largest absolute Gasteiger partial charge is 0.495 e. The summed E-state index contributed by atoms with van der Waals surface area (Å²) in [4.78, 5) is 7.00. The van der Waals surface area contributed by atoms with Gasteiger partial charge < -0.3 is 25.0 Å². The summed E-state index contributed by atoms with van der Waals surface area (Å²) in [7, 11) is 1.73. The standard InChI is InChI=1S/C20H34N4O2/c1-4-6-14-26-15-12-22-20(21-5-2)23-17-11-13-24(16-17)18-9-7-8-10-19(18)25-3/h7-10,17H,4-6,11-16H2,1-3H3,(H2,21,22,23). The van der Waals surface area contributed by atoms with E-state index in [4.69, 9.17) is 9.47 Å². The summed E-state index contributed by atoms with van der Waals surface area (Å²) in [6.45, 7) is 9.25. The first-order chi connectivity index (χ1) is 12.8. The molecule has 146 valence electrons. The molecule has 0 saturated carbocycles. The van der Waals surface area contributed by atoms with Crippen molar-refractivity contribution in [2.45, 2.75) is 39.2 Å². The van der Waals surface area contributed by atoms with Gasteiger partial charge in [0.25, 0.3) is 0 Å². The number of nitrogens with zero attached hydrogens (tertiary/aromatic N) is 2.